The van der Waals surface area contributed by atoms with Crippen molar-refractivity contribution < 1.29 is 4.74 Å². The zero-order valence-corrected chi connectivity index (χ0v) is 12.3. The number of ether oxygens (including phenoxy) is 1. The molecule has 3 aromatic rings. The van der Waals surface area contributed by atoms with E-state index < -0.39 is 0 Å². The van der Waals surface area contributed by atoms with E-state index in [0.717, 1.165) is 21.4 Å². The third-order valence-corrected chi connectivity index (χ3v) is 3.72. The van der Waals surface area contributed by atoms with Crippen LogP contribution >= 0.6 is 15.9 Å². The molecule has 0 aliphatic heterocycles. The predicted octanol–water partition coefficient (Wildman–Crippen LogP) is 3.64. The second-order valence-electron chi connectivity index (χ2n) is 4.22. The summed E-state index contributed by atoms with van der Waals surface area (Å²) >= 11 is 3.48. The standard InChI is InChI=1S/C15H10BrN3O/c1-20-14-5-4-10(7-11(14)8-17)13-9-18-15-12(16)3-2-6-19(13)15/h2-7,9H,1H3. The Kier molecular flexibility index (Phi) is 3.17. The molecule has 0 atom stereocenters. The zero-order valence-electron chi connectivity index (χ0n) is 10.7. The Morgan fingerprint density at radius 3 is 2.95 bits per heavy atom. The average molecular weight is 328 g/mol. The molecule has 0 amide bonds. The molecule has 0 aliphatic carbocycles. The molecule has 20 heavy (non-hydrogen) atoms. The summed E-state index contributed by atoms with van der Waals surface area (Å²) in [5.74, 6) is 0.575. The number of methoxy groups -OCH3 is 1. The van der Waals surface area contributed by atoms with E-state index in [2.05, 4.69) is 27.0 Å². The average Bonchev–Trinajstić information content (AvgIpc) is 2.92. The topological polar surface area (TPSA) is 50.3 Å². The molecule has 0 aliphatic rings. The van der Waals surface area contributed by atoms with E-state index in [0.29, 0.717) is 11.3 Å². The number of hydrogen-bond acceptors (Lipinski definition) is 3. The second-order valence-corrected chi connectivity index (χ2v) is 5.07. The first kappa shape index (κ1) is 12.7. The Morgan fingerprint density at radius 2 is 2.20 bits per heavy atom. The summed E-state index contributed by atoms with van der Waals surface area (Å²) in [5, 5.41) is 9.17. The first-order valence-electron chi connectivity index (χ1n) is 5.94. The number of aromatic nitrogens is 2. The van der Waals surface area contributed by atoms with Crippen LogP contribution in [0.2, 0.25) is 0 Å². The van der Waals surface area contributed by atoms with Crippen molar-refractivity contribution in [1.29, 1.82) is 5.26 Å². The van der Waals surface area contributed by atoms with Gasteiger partial charge in [0.1, 0.15) is 11.8 Å². The van der Waals surface area contributed by atoms with E-state index in [9.17, 15) is 0 Å². The normalized spacial score (nSPS) is 10.4. The van der Waals surface area contributed by atoms with Gasteiger partial charge in [-0.1, -0.05) is 0 Å². The highest BCUT2D eigenvalue weighted by Gasteiger charge is 2.10. The van der Waals surface area contributed by atoms with Crippen LogP contribution in [0.5, 0.6) is 5.75 Å². The quantitative estimate of drug-likeness (QED) is 0.722. The van der Waals surface area contributed by atoms with Crippen molar-refractivity contribution in [1.82, 2.24) is 9.38 Å². The summed E-state index contributed by atoms with van der Waals surface area (Å²) < 4.78 is 8.07. The van der Waals surface area contributed by atoms with Crippen LogP contribution in [0.25, 0.3) is 16.9 Å². The van der Waals surface area contributed by atoms with Gasteiger partial charge < -0.3 is 4.74 Å². The van der Waals surface area contributed by atoms with Crippen LogP contribution in [0.15, 0.2) is 47.2 Å². The predicted molar refractivity (Wildman–Crippen MR) is 79.6 cm³/mol. The van der Waals surface area contributed by atoms with Gasteiger partial charge in [0, 0.05) is 11.8 Å². The second kappa shape index (κ2) is 4.99. The molecule has 0 spiro atoms. The number of benzene rings is 1. The Bertz CT molecular complexity index is 833. The van der Waals surface area contributed by atoms with Gasteiger partial charge in [-0.2, -0.15) is 5.26 Å². The molecule has 2 aromatic heterocycles. The first-order valence-corrected chi connectivity index (χ1v) is 6.74. The van der Waals surface area contributed by atoms with Crippen LogP contribution in [0.3, 0.4) is 0 Å². The fraction of sp³-hybridized carbons (Fsp3) is 0.0667. The molecule has 3 rings (SSSR count). The number of pyridine rings is 1. The van der Waals surface area contributed by atoms with Crippen molar-refractivity contribution in [3.63, 3.8) is 0 Å². The fourth-order valence-electron chi connectivity index (χ4n) is 2.14. The minimum Gasteiger partial charge on any atom is -0.495 e. The maximum atomic E-state index is 9.17. The van der Waals surface area contributed by atoms with Gasteiger partial charge in [-0.3, -0.25) is 4.40 Å². The lowest BCUT2D eigenvalue weighted by Crippen LogP contribution is -1.91. The molecule has 1 aromatic carbocycles. The van der Waals surface area contributed by atoms with Crippen LogP contribution in [-0.4, -0.2) is 16.5 Å². The van der Waals surface area contributed by atoms with E-state index in [1.54, 1.807) is 19.4 Å². The first-order chi connectivity index (χ1) is 9.74. The van der Waals surface area contributed by atoms with Gasteiger partial charge in [0.15, 0.2) is 5.65 Å². The SMILES string of the molecule is COc1ccc(-c2cnc3c(Br)cccn23)cc1C#N. The lowest BCUT2D eigenvalue weighted by atomic mass is 10.1. The number of nitrogens with zero attached hydrogens (tertiary/aromatic N) is 3. The van der Waals surface area contributed by atoms with E-state index in [1.165, 1.54) is 0 Å². The number of rotatable bonds is 2. The summed E-state index contributed by atoms with van der Waals surface area (Å²) in [6.07, 6.45) is 3.74. The Hall–Kier alpha value is -2.32. The summed E-state index contributed by atoms with van der Waals surface area (Å²) in [6.45, 7) is 0. The van der Waals surface area contributed by atoms with Crippen LogP contribution in [0.1, 0.15) is 5.56 Å². The van der Waals surface area contributed by atoms with E-state index in [4.69, 9.17) is 10.00 Å². The maximum absolute atomic E-state index is 9.17. The van der Waals surface area contributed by atoms with Gasteiger partial charge in [-0.15, -0.1) is 0 Å². The smallest absolute Gasteiger partial charge is 0.151 e. The number of nitriles is 1. The molecule has 0 N–H and O–H groups in total. The van der Waals surface area contributed by atoms with Crippen LogP contribution in [-0.2, 0) is 0 Å². The third-order valence-electron chi connectivity index (χ3n) is 3.10. The minimum atomic E-state index is 0.509. The molecule has 0 saturated heterocycles. The molecule has 98 valence electrons. The molecule has 4 nitrogen and oxygen atoms in total. The number of fused-ring (bicyclic) bond motifs is 1. The van der Waals surface area contributed by atoms with Crippen LogP contribution in [0, 0.1) is 11.3 Å². The van der Waals surface area contributed by atoms with E-state index in [1.807, 2.05) is 34.9 Å². The highest BCUT2D eigenvalue weighted by molar-refractivity contribution is 9.10. The van der Waals surface area contributed by atoms with Gasteiger partial charge >= 0.3 is 0 Å². The molecule has 0 bridgehead atoms. The molecule has 0 saturated carbocycles. The summed E-state index contributed by atoms with van der Waals surface area (Å²) in [7, 11) is 1.56. The maximum Gasteiger partial charge on any atom is 0.151 e. The Labute approximate surface area is 124 Å². The van der Waals surface area contributed by atoms with E-state index in [-0.39, 0.29) is 0 Å². The number of halogens is 1. The van der Waals surface area contributed by atoms with Crippen molar-refractivity contribution in [2.45, 2.75) is 0 Å². The number of imidazole rings is 1. The number of hydrogen-bond donors (Lipinski definition) is 0. The Balaban J connectivity index is 2.22. The summed E-state index contributed by atoms with van der Waals surface area (Å²) in [5.41, 5.74) is 3.21. The van der Waals surface area contributed by atoms with Gasteiger partial charge in [-0.25, -0.2) is 4.98 Å². The van der Waals surface area contributed by atoms with Gasteiger partial charge in [-0.05, 0) is 46.3 Å². The lowest BCUT2D eigenvalue weighted by Gasteiger charge is -2.06. The van der Waals surface area contributed by atoms with Crippen molar-refractivity contribution >= 4 is 21.6 Å². The van der Waals surface area contributed by atoms with Crippen molar-refractivity contribution in [2.24, 2.45) is 0 Å². The molecular weight excluding hydrogens is 318 g/mol. The van der Waals surface area contributed by atoms with Crippen molar-refractivity contribution in [2.75, 3.05) is 7.11 Å². The highest BCUT2D eigenvalue weighted by Crippen LogP contribution is 2.28. The Morgan fingerprint density at radius 1 is 1.35 bits per heavy atom. The van der Waals surface area contributed by atoms with Gasteiger partial charge in [0.2, 0.25) is 0 Å². The third kappa shape index (κ3) is 1.95. The van der Waals surface area contributed by atoms with Crippen molar-refractivity contribution in [3.05, 3.63) is 52.8 Å². The fourth-order valence-corrected chi connectivity index (χ4v) is 2.59. The largest absolute Gasteiger partial charge is 0.495 e. The molecular formula is C15H10BrN3O. The van der Waals surface area contributed by atoms with Gasteiger partial charge in [0.25, 0.3) is 0 Å². The van der Waals surface area contributed by atoms with Crippen LogP contribution in [0.4, 0.5) is 0 Å². The zero-order chi connectivity index (χ0) is 14.1. The monoisotopic (exact) mass is 327 g/mol. The summed E-state index contributed by atoms with van der Waals surface area (Å²) in [6, 6.07) is 11.6. The van der Waals surface area contributed by atoms with Gasteiger partial charge in [0.05, 0.1) is 29.0 Å². The minimum absolute atomic E-state index is 0.509. The molecule has 5 heteroatoms. The van der Waals surface area contributed by atoms with E-state index >= 15 is 0 Å². The molecule has 0 unspecified atom stereocenters. The highest BCUT2D eigenvalue weighted by atomic mass is 79.9. The molecule has 2 heterocycles. The molecule has 0 fully saturated rings. The lowest BCUT2D eigenvalue weighted by molar-refractivity contribution is 0.413. The van der Waals surface area contributed by atoms with Crippen molar-refractivity contribution in [3.8, 4) is 23.1 Å². The summed E-state index contributed by atoms with van der Waals surface area (Å²) in [4.78, 5) is 4.39. The molecule has 0 radical (unpaired) electrons. The van der Waals surface area contributed by atoms with Crippen LogP contribution < -0.4 is 4.74 Å².